The molecular formula is C13H14ClF2N3O. The van der Waals surface area contributed by atoms with Crippen LogP contribution in [0.3, 0.4) is 0 Å². The fourth-order valence-electron chi connectivity index (χ4n) is 1.78. The molecule has 20 heavy (non-hydrogen) atoms. The summed E-state index contributed by atoms with van der Waals surface area (Å²) in [5.74, 6) is 0.652. The van der Waals surface area contributed by atoms with Crippen molar-refractivity contribution in [3.05, 3.63) is 47.0 Å². The van der Waals surface area contributed by atoms with Crippen LogP contribution in [0.25, 0.3) is 0 Å². The Balaban J connectivity index is 2.17. The first-order valence-corrected chi connectivity index (χ1v) is 6.34. The van der Waals surface area contributed by atoms with Crippen LogP contribution in [0.15, 0.2) is 30.6 Å². The Morgan fingerprint density at radius 2 is 2.20 bits per heavy atom. The maximum atomic E-state index is 12.7. The number of nitrogens with zero attached hydrogens (tertiary/aromatic N) is 2. The molecule has 0 amide bonds. The highest BCUT2D eigenvalue weighted by Crippen LogP contribution is 2.28. The predicted molar refractivity (Wildman–Crippen MR) is 71.9 cm³/mol. The van der Waals surface area contributed by atoms with Gasteiger partial charge in [0.25, 0.3) is 0 Å². The molecule has 0 spiro atoms. The van der Waals surface area contributed by atoms with E-state index in [-0.39, 0.29) is 18.5 Å². The molecule has 0 radical (unpaired) electrons. The van der Waals surface area contributed by atoms with Crippen LogP contribution in [0.2, 0.25) is 5.02 Å². The first kappa shape index (κ1) is 14.7. The van der Waals surface area contributed by atoms with Gasteiger partial charge in [0.2, 0.25) is 0 Å². The van der Waals surface area contributed by atoms with Crippen molar-refractivity contribution in [3.8, 4) is 5.75 Å². The summed E-state index contributed by atoms with van der Waals surface area (Å²) in [5.41, 5.74) is 6.55. The minimum atomic E-state index is -2.64. The summed E-state index contributed by atoms with van der Waals surface area (Å²) in [6.45, 7) is -0.925. The summed E-state index contributed by atoms with van der Waals surface area (Å²) in [6.07, 6.45) is 2.51. The Labute approximate surface area is 120 Å². The fraction of sp³-hybridized carbons (Fsp3) is 0.308. The van der Waals surface area contributed by atoms with Crippen molar-refractivity contribution in [2.45, 2.75) is 26.1 Å². The molecule has 1 aromatic carbocycles. The number of hydrogen-bond donors (Lipinski definition) is 1. The van der Waals surface area contributed by atoms with Gasteiger partial charge < -0.3 is 10.5 Å². The van der Waals surface area contributed by atoms with Crippen LogP contribution in [0, 0.1) is 0 Å². The Hall–Kier alpha value is -1.66. The molecular weight excluding hydrogens is 288 g/mol. The minimum absolute atomic E-state index is 0.0707. The minimum Gasteiger partial charge on any atom is -0.485 e. The van der Waals surface area contributed by atoms with Gasteiger partial charge in [-0.25, -0.2) is 4.98 Å². The number of ether oxygens (including phenoxy) is 1. The molecule has 0 saturated carbocycles. The lowest BCUT2D eigenvalue weighted by molar-refractivity contribution is 0.0632. The molecule has 4 nitrogen and oxygen atoms in total. The average Bonchev–Trinajstić information content (AvgIpc) is 2.85. The van der Waals surface area contributed by atoms with Crippen LogP contribution >= 0.6 is 11.6 Å². The summed E-state index contributed by atoms with van der Waals surface area (Å²) >= 11 is 5.90. The summed E-state index contributed by atoms with van der Waals surface area (Å²) in [5, 5.41) is 0.540. The first-order valence-electron chi connectivity index (χ1n) is 5.96. The lowest BCUT2D eigenvalue weighted by atomic mass is 10.1. The van der Waals surface area contributed by atoms with Crippen LogP contribution < -0.4 is 10.5 Å². The van der Waals surface area contributed by atoms with Gasteiger partial charge in [0.1, 0.15) is 12.4 Å². The van der Waals surface area contributed by atoms with E-state index in [0.717, 1.165) is 4.57 Å². The maximum Gasteiger partial charge on any atom is 0.320 e. The molecule has 7 heteroatoms. The van der Waals surface area contributed by atoms with Gasteiger partial charge in [-0.1, -0.05) is 11.6 Å². The second-order valence-corrected chi connectivity index (χ2v) is 4.72. The first-order chi connectivity index (χ1) is 9.49. The molecule has 0 saturated heterocycles. The van der Waals surface area contributed by atoms with E-state index in [9.17, 15) is 8.78 Å². The quantitative estimate of drug-likeness (QED) is 0.919. The van der Waals surface area contributed by atoms with Gasteiger partial charge >= 0.3 is 6.55 Å². The van der Waals surface area contributed by atoms with Crippen molar-refractivity contribution >= 4 is 11.6 Å². The fourth-order valence-corrected chi connectivity index (χ4v) is 1.96. The van der Waals surface area contributed by atoms with Crippen LogP contribution in [0.4, 0.5) is 8.78 Å². The highest BCUT2D eigenvalue weighted by atomic mass is 35.5. The maximum absolute atomic E-state index is 12.7. The number of halogens is 3. The van der Waals surface area contributed by atoms with E-state index in [4.69, 9.17) is 22.1 Å². The molecule has 0 aliphatic heterocycles. The highest BCUT2D eigenvalue weighted by molar-refractivity contribution is 6.30. The van der Waals surface area contributed by atoms with Crippen LogP contribution in [0.5, 0.6) is 5.75 Å². The molecule has 1 atom stereocenters. The van der Waals surface area contributed by atoms with Crippen LogP contribution in [-0.2, 0) is 6.61 Å². The lowest BCUT2D eigenvalue weighted by Gasteiger charge is -2.14. The average molecular weight is 302 g/mol. The number of nitrogens with two attached hydrogens (primary N) is 1. The van der Waals surface area contributed by atoms with E-state index >= 15 is 0 Å². The normalized spacial score (nSPS) is 12.7. The zero-order valence-electron chi connectivity index (χ0n) is 10.8. The second kappa shape index (κ2) is 6.19. The van der Waals surface area contributed by atoms with E-state index in [1.807, 2.05) is 0 Å². The van der Waals surface area contributed by atoms with Crippen molar-refractivity contribution in [3.63, 3.8) is 0 Å². The molecule has 2 aromatic rings. The number of alkyl halides is 2. The van der Waals surface area contributed by atoms with Gasteiger partial charge in [-0.15, -0.1) is 0 Å². The number of rotatable bonds is 5. The van der Waals surface area contributed by atoms with Crippen molar-refractivity contribution in [1.82, 2.24) is 9.55 Å². The van der Waals surface area contributed by atoms with Gasteiger partial charge in [0, 0.05) is 29.0 Å². The molecule has 1 heterocycles. The van der Waals surface area contributed by atoms with Gasteiger partial charge in [-0.2, -0.15) is 8.78 Å². The number of aromatic nitrogens is 2. The van der Waals surface area contributed by atoms with Crippen molar-refractivity contribution < 1.29 is 13.5 Å². The topological polar surface area (TPSA) is 53.1 Å². The van der Waals surface area contributed by atoms with Crippen molar-refractivity contribution in [2.24, 2.45) is 5.73 Å². The Morgan fingerprint density at radius 1 is 1.45 bits per heavy atom. The zero-order valence-corrected chi connectivity index (χ0v) is 11.5. The molecule has 0 bridgehead atoms. The third-order valence-corrected chi connectivity index (χ3v) is 3.01. The molecule has 0 aliphatic rings. The Morgan fingerprint density at radius 3 is 2.85 bits per heavy atom. The van der Waals surface area contributed by atoms with E-state index in [0.29, 0.717) is 16.3 Å². The third kappa shape index (κ3) is 3.26. The number of imidazole rings is 1. The largest absolute Gasteiger partial charge is 0.485 e. The van der Waals surface area contributed by atoms with Gasteiger partial charge in [0.15, 0.2) is 5.82 Å². The molecule has 108 valence electrons. The van der Waals surface area contributed by atoms with Crippen molar-refractivity contribution in [1.29, 1.82) is 0 Å². The van der Waals surface area contributed by atoms with E-state index < -0.39 is 6.55 Å². The third-order valence-electron chi connectivity index (χ3n) is 2.78. The van der Waals surface area contributed by atoms with Gasteiger partial charge in [0.05, 0.1) is 0 Å². The number of benzene rings is 1. The molecule has 0 unspecified atom stereocenters. The van der Waals surface area contributed by atoms with Gasteiger partial charge in [-0.05, 0) is 25.1 Å². The molecule has 1 aromatic heterocycles. The summed E-state index contributed by atoms with van der Waals surface area (Å²) in [6, 6.07) is 4.73. The molecule has 0 aliphatic carbocycles. The van der Waals surface area contributed by atoms with Crippen molar-refractivity contribution in [2.75, 3.05) is 0 Å². The Kier molecular flexibility index (Phi) is 4.57. The summed E-state index contributed by atoms with van der Waals surface area (Å²) in [4.78, 5) is 3.85. The smallest absolute Gasteiger partial charge is 0.320 e. The summed E-state index contributed by atoms with van der Waals surface area (Å²) < 4.78 is 31.6. The molecule has 2 N–H and O–H groups in total. The van der Waals surface area contributed by atoms with E-state index in [1.165, 1.54) is 12.4 Å². The molecule has 0 fully saturated rings. The van der Waals surface area contributed by atoms with Crippen LogP contribution in [0.1, 0.15) is 30.9 Å². The monoisotopic (exact) mass is 301 g/mol. The Bertz CT molecular complexity index is 587. The standard InChI is InChI=1S/C13H14ClF2N3O/c1-8(17)10-6-9(14)2-3-11(10)20-7-12-18-4-5-19(12)13(15)16/h2-6,8,13H,7,17H2,1H3/t8-/m0/s1. The van der Waals surface area contributed by atoms with Crippen LogP contribution in [-0.4, -0.2) is 9.55 Å². The van der Waals surface area contributed by atoms with E-state index in [2.05, 4.69) is 4.98 Å². The zero-order chi connectivity index (χ0) is 14.7. The number of hydrogen-bond acceptors (Lipinski definition) is 3. The van der Waals surface area contributed by atoms with Gasteiger partial charge in [-0.3, -0.25) is 4.57 Å². The second-order valence-electron chi connectivity index (χ2n) is 4.29. The molecule has 2 rings (SSSR count). The van der Waals surface area contributed by atoms with E-state index in [1.54, 1.807) is 25.1 Å². The highest BCUT2D eigenvalue weighted by Gasteiger charge is 2.14. The predicted octanol–water partition coefficient (Wildman–Crippen LogP) is 3.53. The summed E-state index contributed by atoms with van der Waals surface area (Å²) in [7, 11) is 0. The SMILES string of the molecule is C[C@H](N)c1cc(Cl)ccc1OCc1nccn1C(F)F. The lowest BCUT2D eigenvalue weighted by Crippen LogP contribution is -2.11.